The predicted molar refractivity (Wildman–Crippen MR) is 96.5 cm³/mol. The van der Waals surface area contributed by atoms with E-state index in [2.05, 4.69) is 69.9 Å². The number of benzene rings is 1. The second-order valence-corrected chi connectivity index (χ2v) is 7.38. The SMILES string of the molecule is CC1(C)OB(C(=Cc2ccc3c(c2)CCN3)CS)OC1(C)C. The van der Waals surface area contributed by atoms with Crippen LogP contribution < -0.4 is 5.32 Å². The topological polar surface area (TPSA) is 30.5 Å². The number of thiol groups is 1. The van der Waals surface area contributed by atoms with E-state index >= 15 is 0 Å². The Kier molecular flexibility index (Phi) is 4.08. The minimum absolute atomic E-state index is 0.318. The normalized spacial score (nSPS) is 22.6. The summed E-state index contributed by atoms with van der Waals surface area (Å²) in [6.45, 7) is 9.32. The molecule has 0 radical (unpaired) electrons. The number of hydrogen-bond acceptors (Lipinski definition) is 4. The van der Waals surface area contributed by atoms with E-state index in [0.717, 1.165) is 18.4 Å². The molecule has 0 spiro atoms. The molecule has 2 aliphatic heterocycles. The summed E-state index contributed by atoms with van der Waals surface area (Å²) in [5.74, 6) is 0.617. The van der Waals surface area contributed by atoms with Gasteiger partial charge in [0.25, 0.3) is 0 Å². The molecule has 0 unspecified atom stereocenters. The fourth-order valence-corrected chi connectivity index (χ4v) is 3.05. The maximum absolute atomic E-state index is 6.13. The first-order valence-electron chi connectivity index (χ1n) is 7.86. The van der Waals surface area contributed by atoms with Gasteiger partial charge >= 0.3 is 7.12 Å². The number of hydrogen-bond donors (Lipinski definition) is 2. The first-order valence-corrected chi connectivity index (χ1v) is 8.49. The lowest BCUT2D eigenvalue weighted by Gasteiger charge is -2.32. The zero-order valence-corrected chi connectivity index (χ0v) is 14.7. The van der Waals surface area contributed by atoms with Crippen LogP contribution in [0.25, 0.3) is 6.08 Å². The Bertz CT molecular complexity index is 597. The molecule has 1 aromatic rings. The van der Waals surface area contributed by atoms with Gasteiger partial charge in [-0.05, 0) is 62.8 Å². The fourth-order valence-electron chi connectivity index (χ4n) is 2.81. The molecule has 22 heavy (non-hydrogen) atoms. The van der Waals surface area contributed by atoms with E-state index in [1.165, 1.54) is 16.8 Å². The van der Waals surface area contributed by atoms with Gasteiger partial charge in [0, 0.05) is 18.0 Å². The molecule has 0 aromatic heterocycles. The first kappa shape index (κ1) is 16.0. The third kappa shape index (κ3) is 2.82. The molecule has 2 heterocycles. The molecule has 0 atom stereocenters. The maximum atomic E-state index is 6.13. The molecule has 0 bridgehead atoms. The van der Waals surface area contributed by atoms with Crippen LogP contribution in [0.2, 0.25) is 0 Å². The summed E-state index contributed by atoms with van der Waals surface area (Å²) in [4.78, 5) is 0. The van der Waals surface area contributed by atoms with Crippen LogP contribution in [0.15, 0.2) is 23.7 Å². The van der Waals surface area contributed by atoms with Gasteiger partial charge in [0.2, 0.25) is 0 Å². The third-order valence-corrected chi connectivity index (χ3v) is 5.29. The Morgan fingerprint density at radius 2 is 1.95 bits per heavy atom. The van der Waals surface area contributed by atoms with Crippen molar-refractivity contribution in [2.45, 2.75) is 45.3 Å². The Morgan fingerprint density at radius 1 is 1.27 bits per heavy atom. The Hall–Kier alpha value is -0.905. The fraction of sp³-hybridized carbons (Fsp3) is 0.529. The summed E-state index contributed by atoms with van der Waals surface area (Å²) in [5, 5.41) is 3.39. The molecule has 1 saturated heterocycles. The average molecular weight is 317 g/mol. The molecule has 2 aliphatic rings. The van der Waals surface area contributed by atoms with Crippen LogP contribution in [0.4, 0.5) is 5.69 Å². The Morgan fingerprint density at radius 3 is 2.59 bits per heavy atom. The van der Waals surface area contributed by atoms with E-state index in [0.29, 0.717) is 5.75 Å². The second kappa shape index (κ2) is 5.62. The molecule has 5 heteroatoms. The highest BCUT2D eigenvalue weighted by atomic mass is 32.1. The molecule has 0 saturated carbocycles. The number of rotatable bonds is 3. The van der Waals surface area contributed by atoms with Gasteiger partial charge in [-0.25, -0.2) is 0 Å². The number of anilines is 1. The highest BCUT2D eigenvalue weighted by Gasteiger charge is 2.52. The lowest BCUT2D eigenvalue weighted by molar-refractivity contribution is 0.00578. The van der Waals surface area contributed by atoms with Crippen molar-refractivity contribution in [1.29, 1.82) is 0 Å². The van der Waals surface area contributed by atoms with Crippen molar-refractivity contribution >= 4 is 31.5 Å². The van der Waals surface area contributed by atoms with Crippen LogP contribution in [0.1, 0.15) is 38.8 Å². The highest BCUT2D eigenvalue weighted by Crippen LogP contribution is 2.39. The van der Waals surface area contributed by atoms with Crippen LogP contribution in [0.5, 0.6) is 0 Å². The Labute approximate surface area is 139 Å². The van der Waals surface area contributed by atoms with Crippen LogP contribution >= 0.6 is 12.6 Å². The van der Waals surface area contributed by atoms with Crippen LogP contribution in [0.3, 0.4) is 0 Å². The summed E-state index contributed by atoms with van der Waals surface area (Å²) in [7, 11) is -0.325. The van der Waals surface area contributed by atoms with E-state index in [4.69, 9.17) is 9.31 Å². The van der Waals surface area contributed by atoms with Gasteiger partial charge in [-0.3, -0.25) is 0 Å². The van der Waals surface area contributed by atoms with Crippen molar-refractivity contribution in [3.63, 3.8) is 0 Å². The van der Waals surface area contributed by atoms with Gasteiger partial charge in [-0.1, -0.05) is 12.1 Å². The lowest BCUT2D eigenvalue weighted by Crippen LogP contribution is -2.41. The van der Waals surface area contributed by atoms with E-state index < -0.39 is 0 Å². The summed E-state index contributed by atoms with van der Waals surface area (Å²) >= 11 is 4.48. The molecular weight excluding hydrogens is 293 g/mol. The summed E-state index contributed by atoms with van der Waals surface area (Å²) < 4.78 is 12.3. The quantitative estimate of drug-likeness (QED) is 0.660. The smallest absolute Gasteiger partial charge is 0.400 e. The van der Waals surface area contributed by atoms with Gasteiger partial charge in [0.1, 0.15) is 0 Å². The zero-order chi connectivity index (χ0) is 16.0. The lowest BCUT2D eigenvalue weighted by atomic mass is 9.78. The monoisotopic (exact) mass is 317 g/mol. The molecule has 0 aliphatic carbocycles. The second-order valence-electron chi connectivity index (χ2n) is 7.06. The van der Waals surface area contributed by atoms with Crippen molar-refractivity contribution in [1.82, 2.24) is 0 Å². The molecule has 3 rings (SSSR count). The molecule has 1 aromatic carbocycles. The van der Waals surface area contributed by atoms with E-state index in [1.54, 1.807) is 0 Å². The van der Waals surface area contributed by atoms with Crippen molar-refractivity contribution < 1.29 is 9.31 Å². The van der Waals surface area contributed by atoms with E-state index in [1.807, 2.05) is 0 Å². The molecule has 118 valence electrons. The van der Waals surface area contributed by atoms with Gasteiger partial charge in [-0.2, -0.15) is 12.6 Å². The summed E-state index contributed by atoms with van der Waals surface area (Å²) in [5.41, 5.74) is 4.24. The minimum atomic E-state index is -0.325. The van der Waals surface area contributed by atoms with E-state index in [-0.39, 0.29) is 18.3 Å². The summed E-state index contributed by atoms with van der Waals surface area (Å²) in [6, 6.07) is 6.52. The van der Waals surface area contributed by atoms with Gasteiger partial charge in [-0.15, -0.1) is 0 Å². The van der Waals surface area contributed by atoms with Crippen molar-refractivity contribution in [3.05, 3.63) is 34.8 Å². The molecular formula is C17H24BNO2S. The zero-order valence-electron chi connectivity index (χ0n) is 13.8. The molecule has 3 nitrogen and oxygen atoms in total. The standard InChI is InChI=1S/C17H24BNO2S/c1-16(2)17(3,4)21-18(20-16)14(11-22)10-12-5-6-15-13(9-12)7-8-19-15/h5-6,9-10,19,22H,7-8,11H2,1-4H3. The van der Waals surface area contributed by atoms with Crippen LogP contribution in [0, 0.1) is 0 Å². The summed E-state index contributed by atoms with van der Waals surface area (Å²) in [6.07, 6.45) is 3.23. The predicted octanol–water partition coefficient (Wildman–Crippen LogP) is 3.60. The van der Waals surface area contributed by atoms with Crippen molar-refractivity contribution in [3.8, 4) is 0 Å². The molecule has 1 N–H and O–H groups in total. The van der Waals surface area contributed by atoms with Crippen molar-refractivity contribution in [2.75, 3.05) is 17.6 Å². The number of fused-ring (bicyclic) bond motifs is 1. The Balaban J connectivity index is 1.86. The van der Waals surface area contributed by atoms with Crippen LogP contribution in [-0.4, -0.2) is 30.6 Å². The van der Waals surface area contributed by atoms with Crippen molar-refractivity contribution in [2.24, 2.45) is 0 Å². The highest BCUT2D eigenvalue weighted by molar-refractivity contribution is 7.80. The molecule has 1 fully saturated rings. The third-order valence-electron chi connectivity index (χ3n) is 4.93. The average Bonchev–Trinajstić information content (AvgIpc) is 2.98. The van der Waals surface area contributed by atoms with Crippen LogP contribution in [-0.2, 0) is 15.7 Å². The molecule has 0 amide bonds. The first-order chi connectivity index (χ1) is 10.3. The largest absolute Gasteiger partial charge is 0.491 e. The van der Waals surface area contributed by atoms with Gasteiger partial charge < -0.3 is 14.6 Å². The van der Waals surface area contributed by atoms with E-state index in [9.17, 15) is 0 Å². The minimum Gasteiger partial charge on any atom is -0.400 e. The van der Waals surface area contributed by atoms with Gasteiger partial charge in [0.05, 0.1) is 11.2 Å². The number of nitrogens with one attached hydrogen (secondary N) is 1. The maximum Gasteiger partial charge on any atom is 0.491 e. The van der Waals surface area contributed by atoms with Gasteiger partial charge in [0.15, 0.2) is 0 Å².